The highest BCUT2D eigenvalue weighted by Gasteiger charge is 2.44. The smallest absolute Gasteiger partial charge is 0.209 e. The number of fused-ring (bicyclic) bond motifs is 2. The van der Waals surface area contributed by atoms with E-state index < -0.39 is 0 Å². The fraction of sp³-hybridized carbons (Fsp3) is 0.286. The minimum absolute atomic E-state index is 0.0716. The van der Waals surface area contributed by atoms with Crippen molar-refractivity contribution in [3.8, 4) is 0 Å². The Hall–Kier alpha value is -4.54. The number of benzene rings is 3. The zero-order valence-corrected chi connectivity index (χ0v) is 28.0. The van der Waals surface area contributed by atoms with Gasteiger partial charge in [0, 0.05) is 61.1 Å². The van der Waals surface area contributed by atoms with E-state index in [1.807, 2.05) is 7.05 Å². The van der Waals surface area contributed by atoms with Crippen molar-refractivity contribution in [3.63, 3.8) is 0 Å². The minimum Gasteiger partial charge on any atom is -0.344 e. The van der Waals surface area contributed by atoms with Gasteiger partial charge < -0.3 is 10.6 Å². The third-order valence-corrected chi connectivity index (χ3v) is 9.85. The van der Waals surface area contributed by atoms with E-state index in [1.165, 1.54) is 45.0 Å². The molecule has 2 heterocycles. The molecule has 46 heavy (non-hydrogen) atoms. The van der Waals surface area contributed by atoms with Crippen LogP contribution in [0.1, 0.15) is 62.8 Å². The van der Waals surface area contributed by atoms with E-state index in [9.17, 15) is 0 Å². The van der Waals surface area contributed by atoms with Crippen LogP contribution in [0.5, 0.6) is 0 Å². The summed E-state index contributed by atoms with van der Waals surface area (Å²) in [5, 5.41) is 0. The third-order valence-electron chi connectivity index (χ3n) is 9.85. The number of nitrogens with two attached hydrogens (primary N) is 1. The summed E-state index contributed by atoms with van der Waals surface area (Å²) < 4.78 is 2.55. The Morgan fingerprint density at radius 2 is 1.46 bits per heavy atom. The molecule has 0 saturated heterocycles. The van der Waals surface area contributed by atoms with Gasteiger partial charge in [0.05, 0.1) is 11.1 Å². The number of aliphatic imine (C=N–C) groups is 1. The van der Waals surface area contributed by atoms with Crippen LogP contribution in [-0.4, -0.2) is 36.1 Å². The summed E-state index contributed by atoms with van der Waals surface area (Å²) >= 11 is 0. The van der Waals surface area contributed by atoms with Crippen LogP contribution in [0.15, 0.2) is 132 Å². The van der Waals surface area contributed by atoms with Crippen molar-refractivity contribution in [2.45, 2.75) is 57.9 Å². The number of rotatable bonds is 9. The molecule has 2 aliphatic heterocycles. The SMILES string of the molecule is CN=C1C=CC(=CC=C2N(CCCC[N+]3=C(C=Cc4ccc(CN)cc4)C(C)(C)c4ccccc43)c3ccccc3C2(C)C)C=C1. The van der Waals surface area contributed by atoms with Gasteiger partial charge in [0.25, 0.3) is 0 Å². The molecule has 6 rings (SSSR count). The molecule has 2 N–H and O–H groups in total. The first-order chi connectivity index (χ1) is 22.2. The van der Waals surface area contributed by atoms with Crippen LogP contribution in [0.4, 0.5) is 11.4 Å². The van der Waals surface area contributed by atoms with Crippen molar-refractivity contribution in [3.05, 3.63) is 149 Å². The Kier molecular flexibility index (Phi) is 8.93. The standard InChI is InChI=1S/C42H47N4/c1-41(2)35-12-6-8-14-37(35)45(39(41)26-22-31-16-18-33(30-43)19-17-31)28-10-11-29-46-38-15-9-7-13-36(38)42(3,4)40(46)27-23-32-20-24-34(44-5)25-21-32/h6-9,12-27H,10-11,28-30,43H2,1-5H3/q+1. The lowest BCUT2D eigenvalue weighted by Gasteiger charge is -2.27. The van der Waals surface area contributed by atoms with Crippen LogP contribution < -0.4 is 10.6 Å². The van der Waals surface area contributed by atoms with Crippen molar-refractivity contribution in [1.29, 1.82) is 0 Å². The van der Waals surface area contributed by atoms with Crippen LogP contribution in [0, 0.1) is 0 Å². The average molecular weight is 608 g/mol. The van der Waals surface area contributed by atoms with Crippen molar-refractivity contribution in [2.24, 2.45) is 10.7 Å². The second-order valence-corrected chi connectivity index (χ2v) is 13.5. The summed E-state index contributed by atoms with van der Waals surface area (Å²) in [6.07, 6.45) is 19.8. The first kappa shape index (κ1) is 31.4. The van der Waals surface area contributed by atoms with Gasteiger partial charge in [0.1, 0.15) is 6.54 Å². The van der Waals surface area contributed by atoms with Gasteiger partial charge >= 0.3 is 0 Å². The molecule has 3 aromatic rings. The molecule has 0 amide bonds. The lowest BCUT2D eigenvalue weighted by Crippen LogP contribution is -2.29. The molecule has 234 valence electrons. The minimum atomic E-state index is -0.0720. The summed E-state index contributed by atoms with van der Waals surface area (Å²) in [5.41, 5.74) is 18.4. The molecule has 1 aliphatic carbocycles. The highest BCUT2D eigenvalue weighted by Crippen LogP contribution is 2.48. The highest BCUT2D eigenvalue weighted by molar-refractivity contribution is 6.06. The quantitative estimate of drug-likeness (QED) is 0.195. The van der Waals surface area contributed by atoms with Gasteiger partial charge in [-0.15, -0.1) is 0 Å². The van der Waals surface area contributed by atoms with Crippen LogP contribution >= 0.6 is 0 Å². The molecule has 0 saturated carbocycles. The van der Waals surface area contributed by atoms with Gasteiger partial charge in [0.15, 0.2) is 5.71 Å². The molecule has 0 unspecified atom stereocenters. The number of hydrogen-bond donors (Lipinski definition) is 1. The lowest BCUT2D eigenvalue weighted by molar-refractivity contribution is -0.438. The summed E-state index contributed by atoms with van der Waals surface area (Å²) in [5.74, 6) is 0. The predicted molar refractivity (Wildman–Crippen MR) is 196 cm³/mol. The predicted octanol–water partition coefficient (Wildman–Crippen LogP) is 8.82. The van der Waals surface area contributed by atoms with Crippen molar-refractivity contribution in [2.75, 3.05) is 25.0 Å². The third kappa shape index (κ3) is 6.02. The van der Waals surface area contributed by atoms with E-state index in [-0.39, 0.29) is 10.8 Å². The van der Waals surface area contributed by atoms with Gasteiger partial charge in [0.2, 0.25) is 5.69 Å². The second kappa shape index (κ2) is 13.1. The molecule has 0 bridgehead atoms. The van der Waals surface area contributed by atoms with Gasteiger partial charge in [-0.25, -0.2) is 0 Å². The van der Waals surface area contributed by atoms with Gasteiger partial charge in [-0.2, -0.15) is 4.58 Å². The molecule has 4 heteroatoms. The van der Waals surface area contributed by atoms with Crippen molar-refractivity contribution < 1.29 is 4.58 Å². The van der Waals surface area contributed by atoms with E-state index >= 15 is 0 Å². The Labute approximate surface area is 275 Å². The molecule has 0 spiro atoms. The maximum absolute atomic E-state index is 5.83. The molecule has 3 aromatic carbocycles. The zero-order chi connectivity index (χ0) is 32.3. The van der Waals surface area contributed by atoms with Crippen LogP contribution in [0.2, 0.25) is 0 Å². The normalized spacial score (nSPS) is 18.6. The Bertz CT molecular complexity index is 1800. The molecule has 4 nitrogen and oxygen atoms in total. The molecular formula is C42H47N4+. The number of unbranched alkanes of at least 4 members (excludes halogenated alkanes) is 1. The Morgan fingerprint density at radius 1 is 0.761 bits per heavy atom. The van der Waals surface area contributed by atoms with Gasteiger partial charge in [-0.05, 0) is 72.9 Å². The van der Waals surface area contributed by atoms with Crippen LogP contribution in [-0.2, 0) is 17.4 Å². The fourth-order valence-electron chi connectivity index (χ4n) is 7.15. The van der Waals surface area contributed by atoms with Gasteiger partial charge in [-0.1, -0.05) is 92.7 Å². The Morgan fingerprint density at radius 3 is 2.17 bits per heavy atom. The summed E-state index contributed by atoms with van der Waals surface area (Å²) in [6.45, 7) is 11.9. The number of anilines is 1. The van der Waals surface area contributed by atoms with Crippen molar-refractivity contribution >= 4 is 28.9 Å². The first-order valence-electron chi connectivity index (χ1n) is 16.6. The van der Waals surface area contributed by atoms with E-state index in [2.05, 4.69) is 164 Å². The molecule has 0 aromatic heterocycles. The highest BCUT2D eigenvalue weighted by atomic mass is 15.2. The zero-order valence-electron chi connectivity index (χ0n) is 28.0. The summed E-state index contributed by atoms with van der Waals surface area (Å²) in [6, 6.07) is 26.4. The van der Waals surface area contributed by atoms with Crippen LogP contribution in [0.3, 0.4) is 0 Å². The second-order valence-electron chi connectivity index (χ2n) is 13.5. The monoisotopic (exact) mass is 607 g/mol. The lowest BCUT2D eigenvalue weighted by atomic mass is 9.81. The molecular weight excluding hydrogens is 560 g/mol. The number of hydrogen-bond acceptors (Lipinski definition) is 3. The Balaban J connectivity index is 1.24. The molecule has 3 aliphatic rings. The van der Waals surface area contributed by atoms with Gasteiger partial charge in [-0.3, -0.25) is 4.99 Å². The van der Waals surface area contributed by atoms with E-state index in [4.69, 9.17) is 5.73 Å². The molecule has 0 fully saturated rings. The first-order valence-corrected chi connectivity index (χ1v) is 16.6. The van der Waals surface area contributed by atoms with E-state index in [0.717, 1.165) is 37.2 Å². The van der Waals surface area contributed by atoms with E-state index in [0.29, 0.717) is 6.54 Å². The number of allylic oxidation sites excluding steroid dienone is 9. The number of para-hydroxylation sites is 2. The molecule has 0 atom stereocenters. The largest absolute Gasteiger partial charge is 0.344 e. The summed E-state index contributed by atoms with van der Waals surface area (Å²) in [7, 11) is 1.83. The maximum Gasteiger partial charge on any atom is 0.209 e. The maximum atomic E-state index is 5.83. The van der Waals surface area contributed by atoms with Crippen LogP contribution in [0.25, 0.3) is 6.08 Å². The fourth-order valence-corrected chi connectivity index (χ4v) is 7.15. The average Bonchev–Trinajstić information content (AvgIpc) is 3.43. The topological polar surface area (TPSA) is 44.6 Å². The molecule has 0 radical (unpaired) electrons. The summed E-state index contributed by atoms with van der Waals surface area (Å²) in [4.78, 5) is 6.84. The van der Waals surface area contributed by atoms with E-state index in [1.54, 1.807) is 0 Å². The van der Waals surface area contributed by atoms with Crippen molar-refractivity contribution in [1.82, 2.24) is 0 Å². The number of nitrogens with zero attached hydrogens (tertiary/aromatic N) is 3.